The Morgan fingerprint density at radius 1 is 1.25 bits per heavy atom. The van der Waals surface area contributed by atoms with Gasteiger partial charge in [0.25, 0.3) is 5.91 Å². The molecule has 1 saturated heterocycles. The van der Waals surface area contributed by atoms with Crippen LogP contribution < -0.4 is 5.32 Å². The summed E-state index contributed by atoms with van der Waals surface area (Å²) in [5, 5.41) is 2.48. The fraction of sp³-hybridized carbons (Fsp3) is 0.471. The van der Waals surface area contributed by atoms with Crippen LogP contribution in [0.3, 0.4) is 0 Å². The summed E-state index contributed by atoms with van der Waals surface area (Å²) in [7, 11) is 0. The second kappa shape index (κ2) is 7.33. The molecule has 24 heavy (non-hydrogen) atoms. The minimum atomic E-state index is -0.774. The summed E-state index contributed by atoms with van der Waals surface area (Å²) in [5.41, 5.74) is 0.181. The zero-order chi connectivity index (χ0) is 17.7. The van der Waals surface area contributed by atoms with E-state index in [0.29, 0.717) is 6.42 Å². The third-order valence-electron chi connectivity index (χ3n) is 3.32. The second-order valence-electron chi connectivity index (χ2n) is 6.52. The third kappa shape index (κ3) is 4.97. The predicted molar refractivity (Wildman–Crippen MR) is 86.1 cm³/mol. The Morgan fingerprint density at radius 2 is 1.92 bits per heavy atom. The summed E-state index contributed by atoms with van der Waals surface area (Å²) < 4.78 is 10.3. The lowest BCUT2D eigenvalue weighted by atomic mass is 10.2. The van der Waals surface area contributed by atoms with Crippen molar-refractivity contribution in [3.05, 3.63) is 35.9 Å². The molecule has 0 aromatic heterocycles. The highest BCUT2D eigenvalue weighted by Gasteiger charge is 2.38. The van der Waals surface area contributed by atoms with E-state index in [2.05, 4.69) is 5.32 Å². The molecule has 1 aliphatic heterocycles. The molecule has 1 unspecified atom stereocenters. The van der Waals surface area contributed by atoms with Crippen molar-refractivity contribution >= 4 is 18.1 Å². The minimum absolute atomic E-state index is 0.0909. The van der Waals surface area contributed by atoms with Crippen LogP contribution in [0.2, 0.25) is 0 Å². The first-order chi connectivity index (χ1) is 11.3. The number of amides is 3. The summed E-state index contributed by atoms with van der Waals surface area (Å²) in [6.45, 7) is 5.49. The second-order valence-corrected chi connectivity index (χ2v) is 6.52. The van der Waals surface area contributed by atoms with Gasteiger partial charge in [-0.25, -0.2) is 14.5 Å². The number of nitrogens with zero attached hydrogens (tertiary/aromatic N) is 1. The molecule has 1 aromatic carbocycles. The van der Waals surface area contributed by atoms with Crippen molar-refractivity contribution in [3.63, 3.8) is 0 Å². The number of imide groups is 1. The Kier molecular flexibility index (Phi) is 5.43. The molecule has 0 spiro atoms. The number of ether oxygens (including phenoxy) is 2. The summed E-state index contributed by atoms with van der Waals surface area (Å²) >= 11 is 0. The first kappa shape index (κ1) is 17.8. The van der Waals surface area contributed by atoms with Crippen molar-refractivity contribution in [2.75, 3.05) is 6.54 Å². The highest BCUT2D eigenvalue weighted by atomic mass is 16.6. The Labute approximate surface area is 140 Å². The predicted octanol–water partition coefficient (Wildman–Crippen LogP) is 2.45. The first-order valence-corrected chi connectivity index (χ1v) is 7.78. The lowest BCUT2D eigenvalue weighted by Gasteiger charge is -2.21. The van der Waals surface area contributed by atoms with Crippen LogP contribution in [0.4, 0.5) is 9.59 Å². The van der Waals surface area contributed by atoms with Gasteiger partial charge in [-0.05, 0) is 32.8 Å². The fourth-order valence-electron chi connectivity index (χ4n) is 2.24. The number of hydrogen-bond donors (Lipinski definition) is 1. The van der Waals surface area contributed by atoms with Crippen molar-refractivity contribution < 1.29 is 23.9 Å². The van der Waals surface area contributed by atoms with E-state index in [1.165, 1.54) is 0 Å². The van der Waals surface area contributed by atoms with Gasteiger partial charge in [-0.2, -0.15) is 0 Å². The molecule has 2 rings (SSSR count). The van der Waals surface area contributed by atoms with Gasteiger partial charge in [-0.1, -0.05) is 30.3 Å². The molecule has 7 nitrogen and oxygen atoms in total. The maximum Gasteiger partial charge on any atom is 0.416 e. The van der Waals surface area contributed by atoms with Crippen molar-refractivity contribution in [1.29, 1.82) is 0 Å². The van der Waals surface area contributed by atoms with Crippen LogP contribution in [0.5, 0.6) is 0 Å². The van der Waals surface area contributed by atoms with Crippen LogP contribution in [0.1, 0.15) is 32.8 Å². The van der Waals surface area contributed by atoms with E-state index in [1.54, 1.807) is 20.8 Å². The van der Waals surface area contributed by atoms with Gasteiger partial charge in [-0.3, -0.25) is 4.79 Å². The van der Waals surface area contributed by atoms with E-state index in [4.69, 9.17) is 9.47 Å². The van der Waals surface area contributed by atoms with E-state index < -0.39 is 29.7 Å². The van der Waals surface area contributed by atoms with Gasteiger partial charge in [0.05, 0.1) is 0 Å². The molecule has 1 N–H and O–H groups in total. The van der Waals surface area contributed by atoms with Crippen LogP contribution in [-0.2, 0) is 20.9 Å². The maximum absolute atomic E-state index is 12.2. The SMILES string of the molecule is CC(C)(C)OC(=O)NC1CCN(C(=O)OCc2ccccc2)C1=O. The molecule has 1 atom stereocenters. The van der Waals surface area contributed by atoms with Crippen molar-refractivity contribution in [3.8, 4) is 0 Å². The normalized spacial score (nSPS) is 17.5. The fourth-order valence-corrected chi connectivity index (χ4v) is 2.24. The molecule has 0 radical (unpaired) electrons. The molecule has 0 bridgehead atoms. The summed E-state index contributed by atoms with van der Waals surface area (Å²) in [6.07, 6.45) is -1.06. The monoisotopic (exact) mass is 334 g/mol. The smallest absolute Gasteiger partial charge is 0.416 e. The van der Waals surface area contributed by atoms with Gasteiger partial charge in [0.15, 0.2) is 0 Å². The molecule has 0 saturated carbocycles. The average Bonchev–Trinajstić information content (AvgIpc) is 2.85. The third-order valence-corrected chi connectivity index (χ3v) is 3.32. The van der Waals surface area contributed by atoms with E-state index >= 15 is 0 Å². The number of likely N-dealkylation sites (tertiary alicyclic amines) is 1. The highest BCUT2D eigenvalue weighted by Crippen LogP contribution is 2.15. The molecule has 1 heterocycles. The summed E-state index contributed by atoms with van der Waals surface area (Å²) in [4.78, 5) is 37.0. The van der Waals surface area contributed by atoms with Gasteiger partial charge in [0.2, 0.25) is 0 Å². The number of rotatable bonds is 3. The highest BCUT2D eigenvalue weighted by molar-refractivity contribution is 5.98. The number of carbonyl (C=O) groups excluding carboxylic acids is 3. The van der Waals surface area contributed by atoms with E-state index in [0.717, 1.165) is 10.5 Å². The van der Waals surface area contributed by atoms with Gasteiger partial charge in [-0.15, -0.1) is 0 Å². The molecule has 3 amide bonds. The van der Waals surface area contributed by atoms with E-state index in [-0.39, 0.29) is 13.2 Å². The molecule has 1 aliphatic rings. The standard InChI is InChI=1S/C17H22N2O5/c1-17(2,3)24-15(21)18-13-9-10-19(14(13)20)16(22)23-11-12-7-5-4-6-8-12/h4-8,13H,9-11H2,1-3H3,(H,18,21). The Bertz CT molecular complexity index is 609. The van der Waals surface area contributed by atoms with E-state index in [1.807, 2.05) is 30.3 Å². The van der Waals surface area contributed by atoms with Crippen molar-refractivity contribution in [2.24, 2.45) is 0 Å². The molecule has 1 fully saturated rings. The van der Waals surface area contributed by atoms with Crippen LogP contribution in [0, 0.1) is 0 Å². The van der Waals surface area contributed by atoms with Crippen LogP contribution >= 0.6 is 0 Å². The largest absolute Gasteiger partial charge is 0.444 e. The lowest BCUT2D eigenvalue weighted by molar-refractivity contribution is -0.128. The van der Waals surface area contributed by atoms with Gasteiger partial charge in [0, 0.05) is 6.54 Å². The number of hydrogen-bond acceptors (Lipinski definition) is 5. The van der Waals surface area contributed by atoms with E-state index in [9.17, 15) is 14.4 Å². The van der Waals surface area contributed by atoms with Gasteiger partial charge in [0.1, 0.15) is 18.2 Å². The van der Waals surface area contributed by atoms with Crippen molar-refractivity contribution in [2.45, 2.75) is 45.4 Å². The lowest BCUT2D eigenvalue weighted by Crippen LogP contribution is -2.45. The number of carbonyl (C=O) groups is 3. The zero-order valence-corrected chi connectivity index (χ0v) is 14.1. The Balaban J connectivity index is 1.84. The molecule has 7 heteroatoms. The molecule has 130 valence electrons. The Morgan fingerprint density at radius 3 is 2.54 bits per heavy atom. The molecular formula is C17H22N2O5. The van der Waals surface area contributed by atoms with Gasteiger partial charge >= 0.3 is 12.2 Å². The molecule has 1 aromatic rings. The molecule has 0 aliphatic carbocycles. The first-order valence-electron chi connectivity index (χ1n) is 7.78. The topological polar surface area (TPSA) is 84.9 Å². The summed E-state index contributed by atoms with van der Waals surface area (Å²) in [5.74, 6) is -0.487. The minimum Gasteiger partial charge on any atom is -0.444 e. The number of benzene rings is 1. The summed E-state index contributed by atoms with van der Waals surface area (Å²) in [6, 6.07) is 8.42. The molecular weight excluding hydrogens is 312 g/mol. The van der Waals surface area contributed by atoms with Crippen LogP contribution in [0.25, 0.3) is 0 Å². The van der Waals surface area contributed by atoms with Crippen molar-refractivity contribution in [1.82, 2.24) is 10.2 Å². The van der Waals surface area contributed by atoms with Crippen LogP contribution in [0.15, 0.2) is 30.3 Å². The quantitative estimate of drug-likeness (QED) is 0.918. The van der Waals surface area contributed by atoms with Crippen LogP contribution in [-0.4, -0.2) is 41.2 Å². The number of nitrogens with one attached hydrogen (secondary N) is 1. The Hall–Kier alpha value is -2.57. The van der Waals surface area contributed by atoms with Gasteiger partial charge < -0.3 is 14.8 Å². The number of alkyl carbamates (subject to hydrolysis) is 1. The maximum atomic E-state index is 12.2. The average molecular weight is 334 g/mol. The zero-order valence-electron chi connectivity index (χ0n) is 14.1.